The van der Waals surface area contributed by atoms with E-state index in [1.807, 2.05) is 45.0 Å². The number of aliphatic carboxylic acids is 1. The standard InChI is InChI=1S/C17H25NO4/c1-12(13-5-7-14(22-4)8-6-13)11-15(19)18-17(2,3)10-9-16(20)21/h5-8,12H,9-11H2,1-4H3,(H,18,19)(H,20,21). The van der Waals surface area contributed by atoms with Gasteiger partial charge in [0, 0.05) is 18.4 Å². The number of carboxylic acids is 1. The van der Waals surface area contributed by atoms with Crippen LogP contribution in [-0.4, -0.2) is 29.6 Å². The number of ether oxygens (including phenoxy) is 1. The lowest BCUT2D eigenvalue weighted by Gasteiger charge is -2.26. The maximum Gasteiger partial charge on any atom is 0.303 e. The largest absolute Gasteiger partial charge is 0.497 e. The molecular weight excluding hydrogens is 282 g/mol. The summed E-state index contributed by atoms with van der Waals surface area (Å²) in [6, 6.07) is 7.65. The molecule has 5 heteroatoms. The van der Waals surface area contributed by atoms with Crippen LogP contribution in [0.15, 0.2) is 24.3 Å². The number of rotatable bonds is 8. The van der Waals surface area contributed by atoms with E-state index in [1.165, 1.54) is 0 Å². The highest BCUT2D eigenvalue weighted by Crippen LogP contribution is 2.22. The third-order valence-corrected chi connectivity index (χ3v) is 3.62. The predicted molar refractivity (Wildman–Crippen MR) is 85.1 cm³/mol. The van der Waals surface area contributed by atoms with Crippen LogP contribution in [0.1, 0.15) is 51.5 Å². The first-order chi connectivity index (χ1) is 10.2. The van der Waals surface area contributed by atoms with Crippen LogP contribution in [0, 0.1) is 0 Å². The molecule has 1 rings (SSSR count). The Morgan fingerprint density at radius 2 is 1.86 bits per heavy atom. The molecule has 1 unspecified atom stereocenters. The van der Waals surface area contributed by atoms with Gasteiger partial charge in [-0.2, -0.15) is 0 Å². The fourth-order valence-electron chi connectivity index (χ4n) is 2.24. The molecule has 0 saturated carbocycles. The maximum atomic E-state index is 12.1. The van der Waals surface area contributed by atoms with Gasteiger partial charge in [0.15, 0.2) is 0 Å². The van der Waals surface area contributed by atoms with E-state index < -0.39 is 11.5 Å². The van der Waals surface area contributed by atoms with Crippen LogP contribution in [0.4, 0.5) is 0 Å². The third kappa shape index (κ3) is 6.16. The summed E-state index contributed by atoms with van der Waals surface area (Å²) in [6.07, 6.45) is 0.815. The molecule has 1 aromatic carbocycles. The van der Waals surface area contributed by atoms with E-state index >= 15 is 0 Å². The van der Waals surface area contributed by atoms with Crippen molar-refractivity contribution >= 4 is 11.9 Å². The zero-order valence-electron chi connectivity index (χ0n) is 13.7. The van der Waals surface area contributed by atoms with Gasteiger partial charge in [-0.15, -0.1) is 0 Å². The molecule has 1 amide bonds. The second kappa shape index (κ2) is 7.82. The van der Waals surface area contributed by atoms with Gasteiger partial charge in [-0.1, -0.05) is 19.1 Å². The summed E-state index contributed by atoms with van der Waals surface area (Å²) in [5.74, 6) is -0.0518. The van der Waals surface area contributed by atoms with Gasteiger partial charge in [-0.25, -0.2) is 0 Å². The summed E-state index contributed by atoms with van der Waals surface area (Å²) in [5, 5.41) is 11.6. The zero-order chi connectivity index (χ0) is 16.8. The molecular formula is C17H25NO4. The van der Waals surface area contributed by atoms with Crippen LogP contribution in [-0.2, 0) is 9.59 Å². The minimum absolute atomic E-state index is 0.0430. The Hall–Kier alpha value is -2.04. The molecule has 2 N–H and O–H groups in total. The average Bonchev–Trinajstić information content (AvgIpc) is 2.44. The van der Waals surface area contributed by atoms with Crippen LogP contribution in [0.5, 0.6) is 5.75 Å². The molecule has 0 aliphatic rings. The highest BCUT2D eigenvalue weighted by Gasteiger charge is 2.22. The first kappa shape index (κ1) is 18.0. The lowest BCUT2D eigenvalue weighted by atomic mass is 9.95. The molecule has 22 heavy (non-hydrogen) atoms. The quantitative estimate of drug-likeness (QED) is 0.774. The van der Waals surface area contributed by atoms with Crippen molar-refractivity contribution in [2.45, 2.75) is 51.5 Å². The van der Waals surface area contributed by atoms with Crippen LogP contribution in [0.2, 0.25) is 0 Å². The molecule has 0 aliphatic heterocycles. The highest BCUT2D eigenvalue weighted by molar-refractivity contribution is 5.77. The van der Waals surface area contributed by atoms with E-state index in [2.05, 4.69) is 5.32 Å². The molecule has 1 atom stereocenters. The van der Waals surface area contributed by atoms with Crippen molar-refractivity contribution < 1.29 is 19.4 Å². The number of carbonyl (C=O) groups excluding carboxylic acids is 1. The zero-order valence-corrected chi connectivity index (χ0v) is 13.7. The van der Waals surface area contributed by atoms with Crippen molar-refractivity contribution in [3.63, 3.8) is 0 Å². The van der Waals surface area contributed by atoms with Gasteiger partial charge in [0.05, 0.1) is 7.11 Å². The number of hydrogen-bond donors (Lipinski definition) is 2. The van der Waals surface area contributed by atoms with E-state index in [0.29, 0.717) is 12.8 Å². The summed E-state index contributed by atoms with van der Waals surface area (Å²) in [7, 11) is 1.62. The molecule has 0 fully saturated rings. The predicted octanol–water partition coefficient (Wildman–Crippen LogP) is 2.95. The second-order valence-electron chi connectivity index (χ2n) is 6.20. The van der Waals surface area contributed by atoms with Crippen LogP contribution in [0.25, 0.3) is 0 Å². The number of amides is 1. The van der Waals surface area contributed by atoms with Crippen LogP contribution >= 0.6 is 0 Å². The molecule has 122 valence electrons. The van der Waals surface area contributed by atoms with Gasteiger partial charge < -0.3 is 15.2 Å². The third-order valence-electron chi connectivity index (χ3n) is 3.62. The van der Waals surface area contributed by atoms with Crippen LogP contribution < -0.4 is 10.1 Å². The number of benzene rings is 1. The SMILES string of the molecule is COc1ccc(C(C)CC(=O)NC(C)(C)CCC(=O)O)cc1. The topological polar surface area (TPSA) is 75.6 Å². The van der Waals surface area contributed by atoms with Gasteiger partial charge in [0.25, 0.3) is 0 Å². The van der Waals surface area contributed by atoms with Crippen molar-refractivity contribution in [2.24, 2.45) is 0 Å². The lowest BCUT2D eigenvalue weighted by Crippen LogP contribution is -2.44. The average molecular weight is 307 g/mol. The second-order valence-corrected chi connectivity index (χ2v) is 6.20. The normalized spacial score (nSPS) is 12.5. The first-order valence-electron chi connectivity index (χ1n) is 7.40. The number of nitrogens with one attached hydrogen (secondary N) is 1. The Kier molecular flexibility index (Phi) is 6.40. The molecule has 0 saturated heterocycles. The van der Waals surface area contributed by atoms with Gasteiger partial charge in [-0.05, 0) is 43.9 Å². The van der Waals surface area contributed by atoms with Gasteiger partial charge in [-0.3, -0.25) is 9.59 Å². The minimum atomic E-state index is -0.853. The Labute approximate surface area is 131 Å². The molecule has 0 aromatic heterocycles. The minimum Gasteiger partial charge on any atom is -0.497 e. The molecule has 0 aliphatic carbocycles. The van der Waals surface area contributed by atoms with E-state index in [4.69, 9.17) is 9.84 Å². The van der Waals surface area contributed by atoms with Crippen molar-refractivity contribution in [3.05, 3.63) is 29.8 Å². The Morgan fingerprint density at radius 3 is 2.36 bits per heavy atom. The Balaban J connectivity index is 2.54. The summed E-state index contributed by atoms with van der Waals surface area (Å²) in [4.78, 5) is 22.8. The fourth-order valence-corrected chi connectivity index (χ4v) is 2.24. The van der Waals surface area contributed by atoms with Gasteiger partial charge >= 0.3 is 5.97 Å². The summed E-state index contributed by atoms with van der Waals surface area (Å²) >= 11 is 0. The van der Waals surface area contributed by atoms with Crippen LogP contribution in [0.3, 0.4) is 0 Å². The smallest absolute Gasteiger partial charge is 0.303 e. The number of methoxy groups -OCH3 is 1. The van der Waals surface area contributed by atoms with Gasteiger partial charge in [0.1, 0.15) is 5.75 Å². The monoisotopic (exact) mass is 307 g/mol. The summed E-state index contributed by atoms with van der Waals surface area (Å²) in [6.45, 7) is 5.67. The lowest BCUT2D eigenvalue weighted by molar-refractivity contribution is -0.137. The van der Waals surface area contributed by atoms with E-state index in [9.17, 15) is 9.59 Å². The molecule has 0 bridgehead atoms. The number of hydrogen-bond acceptors (Lipinski definition) is 3. The summed E-state index contributed by atoms with van der Waals surface area (Å²) in [5.41, 5.74) is 0.550. The number of carbonyl (C=O) groups is 2. The number of carboxylic acid groups (broad SMARTS) is 1. The molecule has 0 heterocycles. The van der Waals surface area contributed by atoms with Crippen molar-refractivity contribution in [3.8, 4) is 5.75 Å². The Morgan fingerprint density at radius 1 is 1.27 bits per heavy atom. The van der Waals surface area contributed by atoms with Crippen molar-refractivity contribution in [1.82, 2.24) is 5.32 Å². The Bertz CT molecular complexity index is 508. The van der Waals surface area contributed by atoms with Crippen molar-refractivity contribution in [1.29, 1.82) is 0 Å². The maximum absolute atomic E-state index is 12.1. The molecule has 5 nitrogen and oxygen atoms in total. The van der Waals surface area contributed by atoms with E-state index in [-0.39, 0.29) is 18.2 Å². The fraction of sp³-hybridized carbons (Fsp3) is 0.529. The van der Waals surface area contributed by atoms with E-state index in [0.717, 1.165) is 11.3 Å². The van der Waals surface area contributed by atoms with Gasteiger partial charge in [0.2, 0.25) is 5.91 Å². The molecule has 0 radical (unpaired) electrons. The van der Waals surface area contributed by atoms with E-state index in [1.54, 1.807) is 7.11 Å². The first-order valence-corrected chi connectivity index (χ1v) is 7.40. The van der Waals surface area contributed by atoms with Crippen molar-refractivity contribution in [2.75, 3.05) is 7.11 Å². The summed E-state index contributed by atoms with van der Waals surface area (Å²) < 4.78 is 5.11. The molecule has 1 aromatic rings. The highest BCUT2D eigenvalue weighted by atomic mass is 16.5. The molecule has 0 spiro atoms.